The van der Waals surface area contributed by atoms with Crippen LogP contribution < -0.4 is 14.4 Å². The maximum Gasteiger partial charge on any atom is 0.253 e. The third-order valence-electron chi connectivity index (χ3n) is 5.29. The van der Waals surface area contributed by atoms with Crippen LogP contribution in [0.25, 0.3) is 0 Å². The number of nitrogens with zero attached hydrogens (tertiary/aromatic N) is 2. The normalized spacial score (nSPS) is 14.8. The van der Waals surface area contributed by atoms with Crippen LogP contribution in [0.3, 0.4) is 0 Å². The number of carbonyl (C=O) groups excluding carboxylic acids is 1. The Morgan fingerprint density at radius 1 is 0.893 bits per heavy atom. The highest BCUT2D eigenvalue weighted by molar-refractivity contribution is 5.94. The van der Waals surface area contributed by atoms with Gasteiger partial charge in [-0.3, -0.25) is 4.79 Å². The first-order valence-corrected chi connectivity index (χ1v) is 9.70. The van der Waals surface area contributed by atoms with Crippen LogP contribution in [0.4, 0.5) is 5.69 Å². The molecular weight excluding hydrogens is 352 g/mol. The maximum atomic E-state index is 12.9. The average Bonchev–Trinajstić information content (AvgIpc) is 2.72. The molecule has 0 N–H and O–H groups in total. The van der Waals surface area contributed by atoms with E-state index in [1.54, 1.807) is 14.2 Å². The molecule has 0 aromatic heterocycles. The summed E-state index contributed by atoms with van der Waals surface area (Å²) in [4.78, 5) is 17.1. The first kappa shape index (κ1) is 20.1. The van der Waals surface area contributed by atoms with Gasteiger partial charge in [0, 0.05) is 37.8 Å². The first-order chi connectivity index (χ1) is 13.3. The van der Waals surface area contributed by atoms with E-state index in [2.05, 4.69) is 37.8 Å². The summed E-state index contributed by atoms with van der Waals surface area (Å²) in [5, 5.41) is 0. The molecule has 0 radical (unpaired) electrons. The van der Waals surface area contributed by atoms with Crippen LogP contribution in [-0.4, -0.2) is 51.2 Å². The van der Waals surface area contributed by atoms with Gasteiger partial charge in [-0.2, -0.15) is 0 Å². The lowest BCUT2D eigenvalue weighted by molar-refractivity contribution is 0.0746. The molecule has 1 saturated heterocycles. The quantitative estimate of drug-likeness (QED) is 0.803. The third-order valence-corrected chi connectivity index (χ3v) is 5.29. The summed E-state index contributed by atoms with van der Waals surface area (Å²) >= 11 is 0. The van der Waals surface area contributed by atoms with Crippen molar-refractivity contribution in [3.8, 4) is 11.5 Å². The zero-order chi connectivity index (χ0) is 20.3. The predicted octanol–water partition coefficient (Wildman–Crippen LogP) is 3.96. The number of amides is 1. The van der Waals surface area contributed by atoms with Gasteiger partial charge in [-0.05, 0) is 35.2 Å². The van der Waals surface area contributed by atoms with E-state index in [0.717, 1.165) is 35.8 Å². The van der Waals surface area contributed by atoms with Crippen molar-refractivity contribution in [3.05, 3.63) is 53.6 Å². The van der Waals surface area contributed by atoms with Crippen molar-refractivity contribution < 1.29 is 14.3 Å². The largest absolute Gasteiger partial charge is 0.497 e. The van der Waals surface area contributed by atoms with Gasteiger partial charge < -0.3 is 19.3 Å². The molecule has 0 atom stereocenters. The van der Waals surface area contributed by atoms with Crippen molar-refractivity contribution in [1.29, 1.82) is 0 Å². The fourth-order valence-corrected chi connectivity index (χ4v) is 3.49. The second-order valence-corrected chi connectivity index (χ2v) is 8.14. The lowest BCUT2D eigenvalue weighted by atomic mass is 9.86. The number of hydrogen-bond acceptors (Lipinski definition) is 4. The molecule has 1 fully saturated rings. The van der Waals surface area contributed by atoms with Gasteiger partial charge in [0.2, 0.25) is 0 Å². The molecule has 1 heterocycles. The lowest BCUT2D eigenvalue weighted by Gasteiger charge is -2.36. The van der Waals surface area contributed by atoms with E-state index in [-0.39, 0.29) is 11.3 Å². The van der Waals surface area contributed by atoms with Crippen molar-refractivity contribution in [3.63, 3.8) is 0 Å². The van der Waals surface area contributed by atoms with Gasteiger partial charge in [0.15, 0.2) is 0 Å². The van der Waals surface area contributed by atoms with Crippen LogP contribution in [0.15, 0.2) is 42.5 Å². The van der Waals surface area contributed by atoms with E-state index in [1.165, 1.54) is 5.56 Å². The number of rotatable bonds is 4. The highest BCUT2D eigenvalue weighted by Gasteiger charge is 2.24. The minimum Gasteiger partial charge on any atom is -0.497 e. The molecule has 0 saturated carbocycles. The average molecular weight is 383 g/mol. The van der Waals surface area contributed by atoms with Gasteiger partial charge in [-0.1, -0.05) is 32.9 Å². The van der Waals surface area contributed by atoms with Gasteiger partial charge in [0.05, 0.1) is 19.9 Å². The molecule has 0 unspecified atom stereocenters. The van der Waals surface area contributed by atoms with Crippen LogP contribution in [0, 0.1) is 0 Å². The second-order valence-electron chi connectivity index (χ2n) is 8.14. The fourth-order valence-electron chi connectivity index (χ4n) is 3.49. The van der Waals surface area contributed by atoms with Crippen molar-refractivity contribution in [1.82, 2.24) is 4.90 Å². The van der Waals surface area contributed by atoms with Crippen molar-refractivity contribution in [2.75, 3.05) is 45.3 Å². The van der Waals surface area contributed by atoms with Gasteiger partial charge in [-0.15, -0.1) is 0 Å². The summed E-state index contributed by atoms with van der Waals surface area (Å²) in [6.07, 6.45) is 0. The molecule has 0 spiro atoms. The Kier molecular flexibility index (Phi) is 5.82. The number of anilines is 1. The van der Waals surface area contributed by atoms with Gasteiger partial charge >= 0.3 is 0 Å². The van der Waals surface area contributed by atoms with Crippen LogP contribution in [-0.2, 0) is 5.41 Å². The van der Waals surface area contributed by atoms with E-state index in [9.17, 15) is 4.79 Å². The van der Waals surface area contributed by atoms with E-state index >= 15 is 0 Å². The Bertz CT molecular complexity index is 817. The van der Waals surface area contributed by atoms with Gasteiger partial charge in [-0.25, -0.2) is 0 Å². The van der Waals surface area contributed by atoms with Crippen LogP contribution in [0.2, 0.25) is 0 Å². The molecule has 150 valence electrons. The minimum atomic E-state index is 0.0863. The number of ether oxygens (including phenoxy) is 2. The molecular formula is C23H30N2O3. The molecule has 5 nitrogen and oxygen atoms in total. The smallest absolute Gasteiger partial charge is 0.253 e. The molecule has 5 heteroatoms. The van der Waals surface area contributed by atoms with E-state index < -0.39 is 0 Å². The minimum absolute atomic E-state index is 0.0863. The Morgan fingerprint density at radius 3 is 2.07 bits per heavy atom. The Labute approximate surface area is 167 Å². The summed E-state index contributed by atoms with van der Waals surface area (Å²) in [6, 6.07) is 13.8. The Morgan fingerprint density at radius 2 is 1.54 bits per heavy atom. The maximum absolute atomic E-state index is 12.9. The SMILES string of the molecule is COc1ccc(OC)c(N2CCN(C(=O)c3ccc(C(C)(C)C)cc3)CC2)c1. The molecule has 0 bridgehead atoms. The van der Waals surface area contributed by atoms with Gasteiger partial charge in [0.25, 0.3) is 5.91 Å². The van der Waals surface area contributed by atoms with Gasteiger partial charge in [0.1, 0.15) is 11.5 Å². The first-order valence-electron chi connectivity index (χ1n) is 9.70. The lowest BCUT2D eigenvalue weighted by Crippen LogP contribution is -2.48. The van der Waals surface area contributed by atoms with Crippen molar-refractivity contribution in [2.24, 2.45) is 0 Å². The van der Waals surface area contributed by atoms with Crippen molar-refractivity contribution >= 4 is 11.6 Å². The molecule has 1 aliphatic rings. The molecule has 1 aliphatic heterocycles. The number of benzene rings is 2. The molecule has 1 amide bonds. The van der Waals surface area contributed by atoms with Crippen molar-refractivity contribution in [2.45, 2.75) is 26.2 Å². The van der Waals surface area contributed by atoms with Crippen LogP contribution >= 0.6 is 0 Å². The predicted molar refractivity (Wildman–Crippen MR) is 113 cm³/mol. The number of hydrogen-bond donors (Lipinski definition) is 0. The summed E-state index contributed by atoms with van der Waals surface area (Å²) in [5.74, 6) is 1.71. The fraction of sp³-hybridized carbons (Fsp3) is 0.435. The monoisotopic (exact) mass is 382 g/mol. The van der Waals surface area contributed by atoms with Crippen LogP contribution in [0.5, 0.6) is 11.5 Å². The molecule has 2 aromatic rings. The molecule has 3 rings (SSSR count). The Balaban J connectivity index is 1.68. The number of piperazine rings is 1. The third kappa shape index (κ3) is 4.24. The summed E-state index contributed by atoms with van der Waals surface area (Å²) in [5.41, 5.74) is 3.08. The summed E-state index contributed by atoms with van der Waals surface area (Å²) in [6.45, 7) is 9.41. The second kappa shape index (κ2) is 8.13. The van der Waals surface area contributed by atoms with E-state index in [1.807, 2.05) is 35.2 Å². The number of carbonyl (C=O) groups is 1. The van der Waals surface area contributed by atoms with E-state index in [4.69, 9.17) is 9.47 Å². The highest BCUT2D eigenvalue weighted by Crippen LogP contribution is 2.33. The van der Waals surface area contributed by atoms with E-state index in [0.29, 0.717) is 13.1 Å². The molecule has 28 heavy (non-hydrogen) atoms. The molecule has 2 aromatic carbocycles. The summed E-state index contributed by atoms with van der Waals surface area (Å²) < 4.78 is 10.9. The zero-order valence-corrected chi connectivity index (χ0v) is 17.5. The Hall–Kier alpha value is -2.69. The van der Waals surface area contributed by atoms with Crippen LogP contribution in [0.1, 0.15) is 36.7 Å². The molecule has 0 aliphatic carbocycles. The number of methoxy groups -OCH3 is 2. The summed E-state index contributed by atoms with van der Waals surface area (Å²) in [7, 11) is 3.33. The standard InChI is InChI=1S/C23H30N2O3/c1-23(2,3)18-8-6-17(7-9-18)22(26)25-14-12-24(13-15-25)20-16-19(27-4)10-11-21(20)28-5/h6-11,16H,12-15H2,1-5H3. The topological polar surface area (TPSA) is 42.0 Å². The highest BCUT2D eigenvalue weighted by atomic mass is 16.5. The zero-order valence-electron chi connectivity index (χ0n) is 17.5.